The molecule has 1 aliphatic heterocycles. The third kappa shape index (κ3) is 1.32. The quantitative estimate of drug-likeness (QED) is 0.495. The van der Waals surface area contributed by atoms with Gasteiger partial charge in [-0.1, -0.05) is 0 Å². The fourth-order valence-corrected chi connectivity index (χ4v) is 0.670. The Labute approximate surface area is 56.9 Å². The lowest BCUT2D eigenvalue weighted by Gasteiger charge is -2.18. The first-order chi connectivity index (χ1) is 4.20. The van der Waals surface area contributed by atoms with E-state index in [1.54, 1.807) is 0 Å². The molecule has 0 atom stereocenters. The van der Waals surface area contributed by atoms with Crippen LogP contribution >= 0.6 is 11.8 Å². The van der Waals surface area contributed by atoms with Gasteiger partial charge in [0.2, 0.25) is 5.91 Å². The molecule has 0 spiro atoms. The number of rotatable bonds is 0. The predicted octanol–water partition coefficient (Wildman–Crippen LogP) is 0.0821. The Morgan fingerprint density at radius 2 is 2.22 bits per heavy atom. The highest BCUT2D eigenvalue weighted by Gasteiger charge is 2.20. The molecule has 0 aromatic carbocycles. The third-order valence-corrected chi connectivity index (χ3v) is 1.32. The van der Waals surface area contributed by atoms with Crippen molar-refractivity contribution in [2.75, 3.05) is 6.54 Å². The number of carbonyl (C=O) groups is 2. The number of nitrogens with one attached hydrogen (secondary N) is 1. The van der Waals surface area contributed by atoms with Crippen LogP contribution in [0.4, 0.5) is 4.79 Å². The summed E-state index contributed by atoms with van der Waals surface area (Å²) in [6.45, 7) is 0.298. The number of nitrogens with zero attached hydrogens (tertiary/aromatic N) is 1. The molecule has 1 rings (SSSR count). The van der Waals surface area contributed by atoms with Crippen LogP contribution in [0.1, 0.15) is 6.42 Å². The summed E-state index contributed by atoms with van der Waals surface area (Å²) in [6, 6.07) is -0.534. The van der Waals surface area contributed by atoms with Crippen LogP contribution in [-0.4, -0.2) is 22.9 Å². The normalized spacial score (nSPS) is 19.9. The first kappa shape index (κ1) is 6.35. The van der Waals surface area contributed by atoms with Crippen molar-refractivity contribution >= 4 is 23.7 Å². The summed E-state index contributed by atoms with van der Waals surface area (Å²) in [5, 5.41) is 2.05. The zero-order chi connectivity index (χ0) is 6.85. The molecule has 1 aliphatic rings. The molecule has 0 aliphatic carbocycles. The summed E-state index contributed by atoms with van der Waals surface area (Å²) in [5.41, 5.74) is 0. The SMILES string of the molecule is O=C1CCN(Cl)C(=O)N1. The van der Waals surface area contributed by atoms with Crippen molar-refractivity contribution in [1.29, 1.82) is 0 Å². The van der Waals surface area contributed by atoms with E-state index in [4.69, 9.17) is 11.8 Å². The monoisotopic (exact) mass is 148 g/mol. The van der Waals surface area contributed by atoms with Crippen molar-refractivity contribution < 1.29 is 9.59 Å². The topological polar surface area (TPSA) is 49.4 Å². The van der Waals surface area contributed by atoms with Gasteiger partial charge in [-0.25, -0.2) is 9.21 Å². The van der Waals surface area contributed by atoms with E-state index < -0.39 is 6.03 Å². The van der Waals surface area contributed by atoms with E-state index in [0.29, 0.717) is 6.54 Å². The summed E-state index contributed by atoms with van der Waals surface area (Å²) >= 11 is 5.30. The van der Waals surface area contributed by atoms with Crippen molar-refractivity contribution in [2.24, 2.45) is 0 Å². The van der Waals surface area contributed by atoms with Gasteiger partial charge in [0.05, 0.1) is 0 Å². The van der Waals surface area contributed by atoms with Gasteiger partial charge in [-0.3, -0.25) is 10.1 Å². The lowest BCUT2D eigenvalue weighted by molar-refractivity contribution is -0.121. The molecule has 1 heterocycles. The van der Waals surface area contributed by atoms with Crippen molar-refractivity contribution in [3.63, 3.8) is 0 Å². The van der Waals surface area contributed by atoms with Crippen molar-refractivity contribution in [3.05, 3.63) is 0 Å². The Kier molecular flexibility index (Phi) is 1.57. The maximum atomic E-state index is 10.5. The van der Waals surface area contributed by atoms with Crippen molar-refractivity contribution in [3.8, 4) is 0 Å². The van der Waals surface area contributed by atoms with Crippen LogP contribution in [0, 0.1) is 0 Å². The summed E-state index contributed by atoms with van der Waals surface area (Å²) in [4.78, 5) is 20.9. The Morgan fingerprint density at radius 3 is 2.67 bits per heavy atom. The average Bonchev–Trinajstić information content (AvgIpc) is 1.80. The number of hydrogen-bond donors (Lipinski definition) is 1. The molecule has 0 saturated carbocycles. The van der Waals surface area contributed by atoms with Gasteiger partial charge >= 0.3 is 6.03 Å². The highest BCUT2D eigenvalue weighted by atomic mass is 35.5. The maximum absolute atomic E-state index is 10.5. The van der Waals surface area contributed by atoms with Gasteiger partial charge in [0.15, 0.2) is 0 Å². The average molecular weight is 149 g/mol. The number of halogens is 1. The molecule has 5 heteroatoms. The zero-order valence-electron chi connectivity index (χ0n) is 4.56. The summed E-state index contributed by atoms with van der Waals surface area (Å²) in [6.07, 6.45) is 0.287. The molecule has 1 fully saturated rings. The molecule has 0 aromatic heterocycles. The lowest BCUT2D eigenvalue weighted by atomic mass is 10.3. The van der Waals surface area contributed by atoms with Gasteiger partial charge in [0, 0.05) is 24.7 Å². The number of urea groups is 1. The van der Waals surface area contributed by atoms with Gasteiger partial charge in [-0.15, -0.1) is 0 Å². The molecular weight excluding hydrogens is 144 g/mol. The van der Waals surface area contributed by atoms with Crippen LogP contribution in [0.2, 0.25) is 0 Å². The molecule has 3 amide bonds. The molecule has 50 valence electrons. The summed E-state index contributed by atoms with van der Waals surface area (Å²) in [7, 11) is 0. The van der Waals surface area contributed by atoms with Crippen LogP contribution in [0.15, 0.2) is 0 Å². The van der Waals surface area contributed by atoms with E-state index in [2.05, 4.69) is 0 Å². The van der Waals surface area contributed by atoms with E-state index in [1.165, 1.54) is 0 Å². The van der Waals surface area contributed by atoms with Crippen molar-refractivity contribution in [2.45, 2.75) is 6.42 Å². The van der Waals surface area contributed by atoms with Gasteiger partial charge in [0.25, 0.3) is 0 Å². The fourth-order valence-electron chi connectivity index (χ4n) is 0.544. The second kappa shape index (κ2) is 2.23. The van der Waals surface area contributed by atoms with E-state index in [9.17, 15) is 9.59 Å². The Hall–Kier alpha value is -0.770. The van der Waals surface area contributed by atoms with Crippen LogP contribution in [0.5, 0.6) is 0 Å². The van der Waals surface area contributed by atoms with Crippen LogP contribution < -0.4 is 5.32 Å². The van der Waals surface area contributed by atoms with Gasteiger partial charge in [-0.2, -0.15) is 0 Å². The van der Waals surface area contributed by atoms with E-state index in [-0.39, 0.29) is 12.3 Å². The van der Waals surface area contributed by atoms with Gasteiger partial charge < -0.3 is 0 Å². The first-order valence-corrected chi connectivity index (χ1v) is 2.81. The van der Waals surface area contributed by atoms with Crippen LogP contribution in [-0.2, 0) is 4.79 Å². The minimum Gasteiger partial charge on any atom is -0.277 e. The number of imide groups is 1. The van der Waals surface area contributed by atoms with Gasteiger partial charge in [0.1, 0.15) is 0 Å². The molecule has 1 N–H and O–H groups in total. The fraction of sp³-hybridized carbons (Fsp3) is 0.500. The lowest BCUT2D eigenvalue weighted by Crippen LogP contribution is -2.44. The molecule has 0 bridgehead atoms. The second-order valence-electron chi connectivity index (χ2n) is 1.69. The Bertz CT molecular complexity index is 159. The highest BCUT2D eigenvalue weighted by molar-refractivity contribution is 6.23. The van der Waals surface area contributed by atoms with E-state index in [1.807, 2.05) is 5.32 Å². The van der Waals surface area contributed by atoms with Crippen LogP contribution in [0.25, 0.3) is 0 Å². The molecule has 0 radical (unpaired) electrons. The van der Waals surface area contributed by atoms with Crippen LogP contribution in [0.3, 0.4) is 0 Å². The summed E-state index contributed by atoms with van der Waals surface area (Å²) in [5.74, 6) is -0.267. The Morgan fingerprint density at radius 1 is 1.56 bits per heavy atom. The molecule has 0 unspecified atom stereocenters. The second-order valence-corrected chi connectivity index (χ2v) is 2.10. The predicted molar refractivity (Wildman–Crippen MR) is 30.7 cm³/mol. The zero-order valence-corrected chi connectivity index (χ0v) is 5.31. The first-order valence-electron chi connectivity index (χ1n) is 2.47. The summed E-state index contributed by atoms with van der Waals surface area (Å²) < 4.78 is 0.946. The highest BCUT2D eigenvalue weighted by Crippen LogP contribution is 2.01. The molecule has 1 saturated heterocycles. The minimum atomic E-state index is -0.534. The number of amides is 3. The molecule has 9 heavy (non-hydrogen) atoms. The minimum absolute atomic E-state index is 0.267. The molecule has 0 aromatic rings. The smallest absolute Gasteiger partial charge is 0.277 e. The number of hydrogen-bond acceptors (Lipinski definition) is 2. The molecular formula is C4H5ClN2O2. The largest absolute Gasteiger partial charge is 0.338 e. The van der Waals surface area contributed by atoms with E-state index in [0.717, 1.165) is 4.42 Å². The number of carbonyl (C=O) groups excluding carboxylic acids is 2. The van der Waals surface area contributed by atoms with E-state index >= 15 is 0 Å². The maximum Gasteiger partial charge on any atom is 0.338 e. The standard InChI is InChI=1S/C4H5ClN2O2/c5-7-2-1-3(8)6-4(7)9/h1-2H2,(H,6,8,9). The Balaban J connectivity index is 2.54. The third-order valence-electron chi connectivity index (χ3n) is 1.00. The van der Waals surface area contributed by atoms with Crippen molar-refractivity contribution in [1.82, 2.24) is 9.74 Å². The molecule has 4 nitrogen and oxygen atoms in total. The van der Waals surface area contributed by atoms with Gasteiger partial charge in [-0.05, 0) is 0 Å².